The number of aliphatic hydroxyl groups is 1. The van der Waals surface area contributed by atoms with E-state index in [4.69, 9.17) is 4.74 Å². The van der Waals surface area contributed by atoms with Crippen LogP contribution >= 0.6 is 0 Å². The second-order valence-corrected chi connectivity index (χ2v) is 5.10. The van der Waals surface area contributed by atoms with Crippen LogP contribution in [-0.4, -0.2) is 37.4 Å². The molecular weight excluding hydrogens is 218 g/mol. The van der Waals surface area contributed by atoms with Gasteiger partial charge in [0.15, 0.2) is 0 Å². The Bertz CT molecular complexity index is 245. The molecule has 4 unspecified atom stereocenters. The standard InChI is InChI=1S/C13H25NO3/c1-4-10-6-13(14-9(2)16)12(8-17-3)5-11(10)7-15/h10-13,15H,4-8H2,1-3H3,(H,14,16). The van der Waals surface area contributed by atoms with Crippen molar-refractivity contribution >= 4 is 5.91 Å². The van der Waals surface area contributed by atoms with E-state index in [0.29, 0.717) is 24.4 Å². The molecule has 17 heavy (non-hydrogen) atoms. The second kappa shape index (κ2) is 6.97. The zero-order valence-electron chi connectivity index (χ0n) is 11.1. The summed E-state index contributed by atoms with van der Waals surface area (Å²) in [4.78, 5) is 11.2. The number of carbonyl (C=O) groups is 1. The largest absolute Gasteiger partial charge is 0.396 e. The molecule has 4 atom stereocenters. The molecule has 0 spiro atoms. The third-order valence-corrected chi connectivity index (χ3v) is 3.93. The van der Waals surface area contributed by atoms with E-state index in [0.717, 1.165) is 19.3 Å². The Balaban J connectivity index is 2.68. The number of ether oxygens (including phenoxy) is 1. The Kier molecular flexibility index (Phi) is 5.92. The molecule has 1 fully saturated rings. The number of hydrogen-bond donors (Lipinski definition) is 2. The molecule has 1 saturated carbocycles. The van der Waals surface area contributed by atoms with Gasteiger partial charge in [-0.2, -0.15) is 0 Å². The molecule has 1 rings (SSSR count). The summed E-state index contributed by atoms with van der Waals surface area (Å²) in [6.07, 6.45) is 2.95. The summed E-state index contributed by atoms with van der Waals surface area (Å²) in [5.41, 5.74) is 0. The van der Waals surface area contributed by atoms with E-state index in [1.54, 1.807) is 14.0 Å². The topological polar surface area (TPSA) is 58.6 Å². The van der Waals surface area contributed by atoms with Crippen LogP contribution in [0.2, 0.25) is 0 Å². The third kappa shape index (κ3) is 3.96. The average Bonchev–Trinajstić information content (AvgIpc) is 2.30. The molecule has 0 aromatic rings. The van der Waals surface area contributed by atoms with Crippen LogP contribution in [0, 0.1) is 17.8 Å². The Hall–Kier alpha value is -0.610. The van der Waals surface area contributed by atoms with Crippen molar-refractivity contribution in [2.45, 2.75) is 39.2 Å². The third-order valence-electron chi connectivity index (χ3n) is 3.93. The van der Waals surface area contributed by atoms with Gasteiger partial charge in [0.05, 0.1) is 6.61 Å². The summed E-state index contributed by atoms with van der Waals surface area (Å²) in [6.45, 7) is 4.60. The summed E-state index contributed by atoms with van der Waals surface area (Å²) in [7, 11) is 1.69. The highest BCUT2D eigenvalue weighted by atomic mass is 16.5. The normalized spacial score (nSPS) is 33.4. The number of hydrogen-bond acceptors (Lipinski definition) is 3. The van der Waals surface area contributed by atoms with Gasteiger partial charge >= 0.3 is 0 Å². The summed E-state index contributed by atoms with van der Waals surface area (Å²) in [6, 6.07) is 0.195. The van der Waals surface area contributed by atoms with Crippen LogP contribution < -0.4 is 5.32 Å². The minimum atomic E-state index is 0.0217. The number of amides is 1. The summed E-state index contributed by atoms with van der Waals surface area (Å²) in [5, 5.41) is 12.4. The zero-order chi connectivity index (χ0) is 12.8. The van der Waals surface area contributed by atoms with E-state index in [1.165, 1.54) is 0 Å². The summed E-state index contributed by atoms with van der Waals surface area (Å²) >= 11 is 0. The van der Waals surface area contributed by atoms with Crippen LogP contribution in [0.5, 0.6) is 0 Å². The smallest absolute Gasteiger partial charge is 0.217 e. The van der Waals surface area contributed by atoms with Gasteiger partial charge in [0.2, 0.25) is 5.91 Å². The van der Waals surface area contributed by atoms with Gasteiger partial charge in [-0.15, -0.1) is 0 Å². The minimum absolute atomic E-state index is 0.0217. The molecule has 4 heteroatoms. The van der Waals surface area contributed by atoms with Crippen molar-refractivity contribution in [3.63, 3.8) is 0 Å². The van der Waals surface area contributed by atoms with E-state index in [-0.39, 0.29) is 18.6 Å². The molecule has 1 aliphatic carbocycles. The minimum Gasteiger partial charge on any atom is -0.396 e. The molecule has 1 aliphatic rings. The molecule has 4 nitrogen and oxygen atoms in total. The van der Waals surface area contributed by atoms with Crippen molar-refractivity contribution in [2.75, 3.05) is 20.3 Å². The number of carbonyl (C=O) groups excluding carboxylic acids is 1. The van der Waals surface area contributed by atoms with E-state index >= 15 is 0 Å². The van der Waals surface area contributed by atoms with Gasteiger partial charge in [0.25, 0.3) is 0 Å². The molecule has 0 aromatic carbocycles. The van der Waals surface area contributed by atoms with Gasteiger partial charge in [-0.3, -0.25) is 4.79 Å². The first-order valence-corrected chi connectivity index (χ1v) is 6.49. The fraction of sp³-hybridized carbons (Fsp3) is 0.923. The number of nitrogens with one attached hydrogen (secondary N) is 1. The first-order chi connectivity index (χ1) is 8.12. The lowest BCUT2D eigenvalue weighted by Gasteiger charge is -2.40. The Labute approximate surface area is 104 Å². The molecular formula is C13H25NO3. The van der Waals surface area contributed by atoms with Gasteiger partial charge in [0.1, 0.15) is 0 Å². The van der Waals surface area contributed by atoms with Crippen LogP contribution in [0.3, 0.4) is 0 Å². The molecule has 0 aromatic heterocycles. The molecule has 0 heterocycles. The lowest BCUT2D eigenvalue weighted by Crippen LogP contribution is -2.48. The number of aliphatic hydroxyl groups excluding tert-OH is 1. The Morgan fingerprint density at radius 3 is 2.53 bits per heavy atom. The van der Waals surface area contributed by atoms with Gasteiger partial charge < -0.3 is 15.2 Å². The van der Waals surface area contributed by atoms with Gasteiger partial charge in [0, 0.05) is 32.6 Å². The van der Waals surface area contributed by atoms with Gasteiger partial charge in [-0.1, -0.05) is 13.3 Å². The maximum absolute atomic E-state index is 11.2. The number of methoxy groups -OCH3 is 1. The van der Waals surface area contributed by atoms with E-state index in [2.05, 4.69) is 12.2 Å². The highest BCUT2D eigenvalue weighted by molar-refractivity contribution is 5.73. The quantitative estimate of drug-likeness (QED) is 0.762. The fourth-order valence-electron chi connectivity index (χ4n) is 3.02. The fourth-order valence-corrected chi connectivity index (χ4v) is 3.02. The lowest BCUT2D eigenvalue weighted by molar-refractivity contribution is -0.121. The molecule has 1 amide bonds. The van der Waals surface area contributed by atoms with E-state index in [1.807, 2.05) is 0 Å². The summed E-state index contributed by atoms with van der Waals surface area (Å²) < 4.78 is 5.22. The predicted octanol–water partition coefficient (Wildman–Crippen LogP) is 1.18. The first kappa shape index (κ1) is 14.5. The molecule has 0 aliphatic heterocycles. The van der Waals surface area contributed by atoms with Crippen molar-refractivity contribution in [3.8, 4) is 0 Å². The second-order valence-electron chi connectivity index (χ2n) is 5.10. The van der Waals surface area contributed by atoms with Crippen molar-refractivity contribution in [3.05, 3.63) is 0 Å². The van der Waals surface area contributed by atoms with Crippen LogP contribution in [-0.2, 0) is 9.53 Å². The average molecular weight is 243 g/mol. The zero-order valence-corrected chi connectivity index (χ0v) is 11.1. The monoisotopic (exact) mass is 243 g/mol. The predicted molar refractivity (Wildman–Crippen MR) is 66.6 cm³/mol. The van der Waals surface area contributed by atoms with Crippen LogP contribution in [0.4, 0.5) is 0 Å². The van der Waals surface area contributed by atoms with E-state index < -0.39 is 0 Å². The maximum Gasteiger partial charge on any atom is 0.217 e. The molecule has 0 radical (unpaired) electrons. The molecule has 100 valence electrons. The van der Waals surface area contributed by atoms with Gasteiger partial charge in [-0.05, 0) is 24.7 Å². The van der Waals surface area contributed by atoms with Crippen molar-refractivity contribution in [2.24, 2.45) is 17.8 Å². The maximum atomic E-state index is 11.2. The van der Waals surface area contributed by atoms with Crippen LogP contribution in [0.1, 0.15) is 33.1 Å². The first-order valence-electron chi connectivity index (χ1n) is 6.49. The molecule has 2 N–H and O–H groups in total. The summed E-state index contributed by atoms with van der Waals surface area (Å²) in [5.74, 6) is 1.20. The number of rotatable bonds is 5. The van der Waals surface area contributed by atoms with Gasteiger partial charge in [-0.25, -0.2) is 0 Å². The van der Waals surface area contributed by atoms with Crippen molar-refractivity contribution < 1.29 is 14.6 Å². The lowest BCUT2D eigenvalue weighted by atomic mass is 9.71. The van der Waals surface area contributed by atoms with Crippen LogP contribution in [0.15, 0.2) is 0 Å². The van der Waals surface area contributed by atoms with E-state index in [9.17, 15) is 9.90 Å². The molecule has 0 saturated heterocycles. The highest BCUT2D eigenvalue weighted by Crippen LogP contribution is 2.36. The SMILES string of the molecule is CCC1CC(NC(C)=O)C(COC)CC1CO. The van der Waals surface area contributed by atoms with Crippen molar-refractivity contribution in [1.29, 1.82) is 0 Å². The Morgan fingerprint density at radius 2 is 2.06 bits per heavy atom. The molecule has 0 bridgehead atoms. The highest BCUT2D eigenvalue weighted by Gasteiger charge is 2.36. The van der Waals surface area contributed by atoms with Crippen molar-refractivity contribution in [1.82, 2.24) is 5.32 Å². The Morgan fingerprint density at radius 1 is 1.35 bits per heavy atom. The van der Waals surface area contributed by atoms with Crippen LogP contribution in [0.25, 0.3) is 0 Å².